The number of benzene rings is 2. The Labute approximate surface area is 194 Å². The van der Waals surface area contributed by atoms with Crippen LogP contribution in [0.3, 0.4) is 0 Å². The molecule has 1 aliphatic carbocycles. The third-order valence-corrected chi connectivity index (χ3v) is 6.94. The number of unbranched alkanes of at least 4 members (excludes halogenated alkanes) is 1. The summed E-state index contributed by atoms with van der Waals surface area (Å²) in [5, 5.41) is 0. The third kappa shape index (κ3) is 5.66. The number of nitrogens with zero attached hydrogens (tertiary/aromatic N) is 1. The van der Waals surface area contributed by atoms with E-state index in [9.17, 15) is 13.6 Å². The van der Waals surface area contributed by atoms with E-state index in [1.54, 1.807) is 18.2 Å². The number of hydrogen-bond donors (Lipinski definition) is 0. The normalized spacial score (nSPS) is 21.1. The smallest absolute Gasteiger partial charge is 0.254 e. The van der Waals surface area contributed by atoms with Gasteiger partial charge in [-0.2, -0.15) is 0 Å². The van der Waals surface area contributed by atoms with Gasteiger partial charge in [0.15, 0.2) is 11.6 Å². The molecule has 0 aromatic heterocycles. The number of rotatable bonds is 9. The fourth-order valence-electron chi connectivity index (χ4n) is 4.96. The van der Waals surface area contributed by atoms with E-state index < -0.39 is 5.82 Å². The average Bonchev–Trinajstić information content (AvgIpc) is 3.08. The van der Waals surface area contributed by atoms with Crippen molar-refractivity contribution in [1.29, 1.82) is 0 Å². The van der Waals surface area contributed by atoms with Crippen LogP contribution in [0.15, 0.2) is 36.4 Å². The van der Waals surface area contributed by atoms with E-state index in [4.69, 9.17) is 9.47 Å². The SMILES string of the molecule is CCCCOc1cc2c(cc1F)CN(CC1CCC(C(C)Oc3cccc(F)c3)CC1)C2=O. The molecule has 0 saturated heterocycles. The second kappa shape index (κ2) is 10.5. The lowest BCUT2D eigenvalue weighted by atomic mass is 9.79. The van der Waals surface area contributed by atoms with E-state index in [1.807, 2.05) is 11.8 Å². The van der Waals surface area contributed by atoms with Crippen molar-refractivity contribution in [3.8, 4) is 11.5 Å². The summed E-state index contributed by atoms with van der Waals surface area (Å²) in [7, 11) is 0. The van der Waals surface area contributed by atoms with Crippen molar-refractivity contribution < 1.29 is 23.0 Å². The van der Waals surface area contributed by atoms with Crippen molar-refractivity contribution in [1.82, 2.24) is 4.90 Å². The van der Waals surface area contributed by atoms with E-state index in [1.165, 1.54) is 18.2 Å². The Bertz CT molecular complexity index is 972. The molecule has 0 bridgehead atoms. The molecule has 1 fully saturated rings. The molecule has 0 spiro atoms. The molecule has 4 nitrogen and oxygen atoms in total. The van der Waals surface area contributed by atoms with Crippen LogP contribution in [-0.2, 0) is 6.54 Å². The summed E-state index contributed by atoms with van der Waals surface area (Å²) in [6.07, 6.45) is 5.89. The molecule has 1 atom stereocenters. The van der Waals surface area contributed by atoms with Gasteiger partial charge in [0.2, 0.25) is 0 Å². The van der Waals surface area contributed by atoms with Crippen LogP contribution in [-0.4, -0.2) is 30.1 Å². The predicted octanol–water partition coefficient (Wildman–Crippen LogP) is 6.37. The van der Waals surface area contributed by atoms with Crippen LogP contribution in [0.5, 0.6) is 11.5 Å². The summed E-state index contributed by atoms with van der Waals surface area (Å²) in [4.78, 5) is 14.8. The van der Waals surface area contributed by atoms with Gasteiger partial charge in [-0.25, -0.2) is 8.78 Å². The monoisotopic (exact) mass is 457 g/mol. The van der Waals surface area contributed by atoms with Crippen molar-refractivity contribution >= 4 is 5.91 Å². The number of fused-ring (bicyclic) bond motifs is 1. The van der Waals surface area contributed by atoms with Gasteiger partial charge in [0.05, 0.1) is 12.7 Å². The number of ether oxygens (including phenoxy) is 2. The molecular weight excluding hydrogens is 424 g/mol. The van der Waals surface area contributed by atoms with Crippen LogP contribution in [0, 0.1) is 23.5 Å². The van der Waals surface area contributed by atoms with E-state index in [0.29, 0.717) is 42.8 Å². The van der Waals surface area contributed by atoms with Crippen LogP contribution in [0.25, 0.3) is 0 Å². The first-order chi connectivity index (χ1) is 15.9. The number of amides is 1. The molecule has 1 unspecified atom stereocenters. The fourth-order valence-corrected chi connectivity index (χ4v) is 4.96. The van der Waals surface area contributed by atoms with E-state index >= 15 is 0 Å². The van der Waals surface area contributed by atoms with Gasteiger partial charge in [-0.3, -0.25) is 4.79 Å². The lowest BCUT2D eigenvalue weighted by molar-refractivity contribution is 0.0685. The van der Waals surface area contributed by atoms with Gasteiger partial charge in [0, 0.05) is 24.7 Å². The first-order valence-electron chi connectivity index (χ1n) is 12.1. The van der Waals surface area contributed by atoms with Crippen LogP contribution < -0.4 is 9.47 Å². The van der Waals surface area contributed by atoms with Crippen LogP contribution >= 0.6 is 0 Å². The van der Waals surface area contributed by atoms with Crippen LogP contribution in [0.4, 0.5) is 8.78 Å². The Kier molecular flexibility index (Phi) is 7.51. The van der Waals surface area contributed by atoms with E-state index in [2.05, 4.69) is 6.92 Å². The Morgan fingerprint density at radius 2 is 1.91 bits per heavy atom. The quantitative estimate of drug-likeness (QED) is 0.411. The van der Waals surface area contributed by atoms with Gasteiger partial charge in [-0.05, 0) is 80.7 Å². The van der Waals surface area contributed by atoms with Gasteiger partial charge in [-0.1, -0.05) is 19.4 Å². The summed E-state index contributed by atoms with van der Waals surface area (Å²) in [5.41, 5.74) is 1.31. The molecule has 1 heterocycles. The minimum Gasteiger partial charge on any atom is -0.490 e. The highest BCUT2D eigenvalue weighted by Gasteiger charge is 2.33. The maximum atomic E-state index is 14.4. The first kappa shape index (κ1) is 23.5. The zero-order valence-corrected chi connectivity index (χ0v) is 19.5. The molecule has 6 heteroatoms. The van der Waals surface area contributed by atoms with Gasteiger partial charge in [0.1, 0.15) is 11.6 Å². The van der Waals surface area contributed by atoms with E-state index in [0.717, 1.165) is 44.1 Å². The van der Waals surface area contributed by atoms with Crippen molar-refractivity contribution in [3.05, 3.63) is 59.2 Å². The van der Waals surface area contributed by atoms with Crippen molar-refractivity contribution in [2.75, 3.05) is 13.2 Å². The van der Waals surface area contributed by atoms with Crippen LogP contribution in [0.2, 0.25) is 0 Å². The number of halogens is 2. The molecule has 1 amide bonds. The summed E-state index contributed by atoms with van der Waals surface area (Å²) in [6, 6.07) is 9.30. The molecule has 1 aliphatic heterocycles. The molecule has 33 heavy (non-hydrogen) atoms. The summed E-state index contributed by atoms with van der Waals surface area (Å²) < 4.78 is 39.3. The third-order valence-electron chi connectivity index (χ3n) is 6.94. The van der Waals surface area contributed by atoms with Gasteiger partial charge >= 0.3 is 0 Å². The van der Waals surface area contributed by atoms with E-state index in [-0.39, 0.29) is 23.6 Å². The van der Waals surface area contributed by atoms with Crippen molar-refractivity contribution in [2.45, 2.75) is 65.0 Å². The molecule has 4 rings (SSSR count). The summed E-state index contributed by atoms with van der Waals surface area (Å²) in [5.74, 6) is 0.848. The Morgan fingerprint density at radius 3 is 2.64 bits per heavy atom. The van der Waals surface area contributed by atoms with Gasteiger partial charge in [-0.15, -0.1) is 0 Å². The zero-order chi connectivity index (χ0) is 23.4. The number of hydrogen-bond acceptors (Lipinski definition) is 3. The predicted molar refractivity (Wildman–Crippen MR) is 123 cm³/mol. The lowest BCUT2D eigenvalue weighted by Crippen LogP contribution is -2.34. The Morgan fingerprint density at radius 1 is 1.12 bits per heavy atom. The lowest BCUT2D eigenvalue weighted by Gasteiger charge is -2.34. The second-order valence-electron chi connectivity index (χ2n) is 9.39. The Balaban J connectivity index is 1.29. The highest BCUT2D eigenvalue weighted by Crippen LogP contribution is 2.35. The van der Waals surface area contributed by atoms with Crippen molar-refractivity contribution in [3.63, 3.8) is 0 Å². The van der Waals surface area contributed by atoms with Gasteiger partial charge < -0.3 is 14.4 Å². The highest BCUT2D eigenvalue weighted by molar-refractivity contribution is 5.98. The zero-order valence-electron chi connectivity index (χ0n) is 19.5. The topological polar surface area (TPSA) is 38.8 Å². The minimum atomic E-state index is -0.396. The minimum absolute atomic E-state index is 0.0135. The molecule has 0 N–H and O–H groups in total. The standard InChI is InChI=1S/C27H33F2NO3/c1-3-4-12-32-26-15-24-21(13-25(26)29)17-30(27(24)31)16-19-8-10-20(11-9-19)18(2)33-23-7-5-6-22(28)14-23/h5-7,13-15,18-20H,3-4,8-12,16-17H2,1-2H3. The molecule has 0 radical (unpaired) electrons. The number of carbonyl (C=O) groups is 1. The number of carbonyl (C=O) groups excluding carboxylic acids is 1. The van der Waals surface area contributed by atoms with Gasteiger partial charge in [0.25, 0.3) is 5.91 Å². The van der Waals surface area contributed by atoms with Crippen LogP contribution in [0.1, 0.15) is 68.3 Å². The highest BCUT2D eigenvalue weighted by atomic mass is 19.1. The molecule has 2 aromatic carbocycles. The molecular formula is C27H33F2NO3. The molecule has 2 aromatic rings. The maximum Gasteiger partial charge on any atom is 0.254 e. The molecule has 178 valence electrons. The average molecular weight is 458 g/mol. The summed E-state index contributed by atoms with van der Waals surface area (Å²) >= 11 is 0. The maximum absolute atomic E-state index is 14.4. The summed E-state index contributed by atoms with van der Waals surface area (Å²) in [6.45, 7) is 5.70. The molecule has 1 saturated carbocycles. The fraction of sp³-hybridized carbons (Fsp3) is 0.519. The first-order valence-corrected chi connectivity index (χ1v) is 12.1. The second-order valence-corrected chi connectivity index (χ2v) is 9.39. The molecule has 2 aliphatic rings. The Hall–Kier alpha value is -2.63. The largest absolute Gasteiger partial charge is 0.490 e. The van der Waals surface area contributed by atoms with Crippen molar-refractivity contribution in [2.24, 2.45) is 11.8 Å².